The van der Waals surface area contributed by atoms with E-state index in [1.807, 2.05) is 0 Å². The lowest BCUT2D eigenvalue weighted by molar-refractivity contribution is 0.648. The van der Waals surface area contributed by atoms with Gasteiger partial charge in [0.2, 0.25) is 5.95 Å². The predicted molar refractivity (Wildman–Crippen MR) is 84.2 cm³/mol. The number of benzene rings is 1. The zero-order chi connectivity index (χ0) is 14.1. The standard InChI is InChI=1S/C15H20N4S/c1-3-8-19-14(16-17-15(19)20)18-9-4-5-12-10-11(2)6-7-13(12)18/h6-7,10H,3-5,8-9H2,1-2H3,(H,17,20). The van der Waals surface area contributed by atoms with Gasteiger partial charge in [-0.3, -0.25) is 4.57 Å². The summed E-state index contributed by atoms with van der Waals surface area (Å²) in [6.45, 7) is 6.21. The van der Waals surface area contributed by atoms with Crippen LogP contribution >= 0.6 is 12.2 Å². The molecular formula is C15H20N4S. The zero-order valence-corrected chi connectivity index (χ0v) is 12.8. The van der Waals surface area contributed by atoms with Crippen LogP contribution in [0.3, 0.4) is 0 Å². The minimum Gasteiger partial charge on any atom is -0.310 e. The molecule has 0 amide bonds. The molecule has 2 aromatic rings. The van der Waals surface area contributed by atoms with Crippen LogP contribution in [0.15, 0.2) is 18.2 Å². The Kier molecular flexibility index (Phi) is 3.61. The van der Waals surface area contributed by atoms with Crippen molar-refractivity contribution in [2.75, 3.05) is 11.4 Å². The van der Waals surface area contributed by atoms with Crippen LogP contribution in [0.2, 0.25) is 0 Å². The lowest BCUT2D eigenvalue weighted by atomic mass is 10.00. The smallest absolute Gasteiger partial charge is 0.230 e. The number of fused-ring (bicyclic) bond motifs is 1. The van der Waals surface area contributed by atoms with Gasteiger partial charge in [-0.2, -0.15) is 0 Å². The summed E-state index contributed by atoms with van der Waals surface area (Å²) in [4.78, 5) is 2.29. The lowest BCUT2D eigenvalue weighted by Crippen LogP contribution is -2.27. The molecule has 0 saturated heterocycles. The summed E-state index contributed by atoms with van der Waals surface area (Å²) in [5.41, 5.74) is 4.00. The number of hydrogen-bond acceptors (Lipinski definition) is 3. The SMILES string of the molecule is CCCn1c(N2CCCc3cc(C)ccc32)n[nH]c1=S. The Morgan fingerprint density at radius 3 is 3.05 bits per heavy atom. The van der Waals surface area contributed by atoms with E-state index in [1.54, 1.807) is 0 Å². The molecule has 1 N–H and O–H groups in total. The maximum atomic E-state index is 5.35. The summed E-state index contributed by atoms with van der Waals surface area (Å²) in [6, 6.07) is 6.66. The third kappa shape index (κ3) is 2.26. The topological polar surface area (TPSA) is 36.9 Å². The van der Waals surface area contributed by atoms with Gasteiger partial charge >= 0.3 is 0 Å². The number of aryl methyl sites for hydroxylation is 2. The summed E-state index contributed by atoms with van der Waals surface area (Å²) in [5, 5.41) is 7.39. The molecule has 20 heavy (non-hydrogen) atoms. The van der Waals surface area contributed by atoms with Crippen molar-refractivity contribution in [3.05, 3.63) is 34.1 Å². The van der Waals surface area contributed by atoms with Crippen molar-refractivity contribution in [2.24, 2.45) is 0 Å². The molecule has 1 aliphatic rings. The summed E-state index contributed by atoms with van der Waals surface area (Å²) in [7, 11) is 0. The Hall–Kier alpha value is -1.62. The highest BCUT2D eigenvalue weighted by Crippen LogP contribution is 2.33. The van der Waals surface area contributed by atoms with Crippen molar-refractivity contribution in [3.8, 4) is 0 Å². The third-order valence-corrected chi connectivity index (χ3v) is 4.09. The van der Waals surface area contributed by atoms with E-state index in [0.29, 0.717) is 4.77 Å². The Bertz CT molecular complexity index is 671. The first-order chi connectivity index (χ1) is 9.70. The normalized spacial score (nSPS) is 14.4. The molecule has 3 rings (SSSR count). The van der Waals surface area contributed by atoms with Gasteiger partial charge in [-0.05, 0) is 50.0 Å². The molecule has 1 aromatic heterocycles. The Balaban J connectivity index is 2.07. The van der Waals surface area contributed by atoms with Gasteiger partial charge in [-0.1, -0.05) is 24.6 Å². The fourth-order valence-corrected chi connectivity index (χ4v) is 3.09. The van der Waals surface area contributed by atoms with Crippen molar-refractivity contribution >= 4 is 23.9 Å². The van der Waals surface area contributed by atoms with Crippen molar-refractivity contribution in [3.63, 3.8) is 0 Å². The first-order valence-corrected chi connectivity index (χ1v) is 7.64. The van der Waals surface area contributed by atoms with Gasteiger partial charge in [0.1, 0.15) is 0 Å². The average Bonchev–Trinajstić information content (AvgIpc) is 2.80. The van der Waals surface area contributed by atoms with E-state index in [1.165, 1.54) is 16.8 Å². The highest BCUT2D eigenvalue weighted by atomic mass is 32.1. The van der Waals surface area contributed by atoms with Crippen molar-refractivity contribution < 1.29 is 0 Å². The molecule has 0 spiro atoms. The summed E-state index contributed by atoms with van der Waals surface area (Å²) in [6.07, 6.45) is 3.35. The largest absolute Gasteiger partial charge is 0.310 e. The highest BCUT2D eigenvalue weighted by Gasteiger charge is 2.22. The van der Waals surface area contributed by atoms with Crippen LogP contribution in [0.5, 0.6) is 0 Å². The van der Waals surface area contributed by atoms with Gasteiger partial charge < -0.3 is 4.90 Å². The molecule has 5 heteroatoms. The maximum absolute atomic E-state index is 5.35. The number of nitrogens with one attached hydrogen (secondary N) is 1. The number of aromatic nitrogens is 3. The minimum atomic E-state index is 0.709. The highest BCUT2D eigenvalue weighted by molar-refractivity contribution is 7.71. The fraction of sp³-hybridized carbons (Fsp3) is 0.467. The monoisotopic (exact) mass is 288 g/mol. The van der Waals surface area contributed by atoms with Crippen LogP contribution in [0, 0.1) is 11.7 Å². The van der Waals surface area contributed by atoms with Crippen LogP contribution < -0.4 is 4.90 Å². The van der Waals surface area contributed by atoms with Gasteiger partial charge in [-0.25, -0.2) is 5.10 Å². The number of rotatable bonds is 3. The van der Waals surface area contributed by atoms with Crippen LogP contribution in [-0.2, 0) is 13.0 Å². The van der Waals surface area contributed by atoms with Crippen LogP contribution in [0.1, 0.15) is 30.9 Å². The molecule has 0 fully saturated rings. The van der Waals surface area contributed by atoms with Gasteiger partial charge in [0.05, 0.1) is 0 Å². The second-order valence-electron chi connectivity index (χ2n) is 5.37. The summed E-state index contributed by atoms with van der Waals surface area (Å²) < 4.78 is 2.81. The number of hydrogen-bond donors (Lipinski definition) is 1. The minimum absolute atomic E-state index is 0.709. The van der Waals surface area contributed by atoms with E-state index in [2.05, 4.69) is 51.7 Å². The zero-order valence-electron chi connectivity index (χ0n) is 12.0. The second-order valence-corrected chi connectivity index (χ2v) is 5.75. The Morgan fingerprint density at radius 1 is 1.40 bits per heavy atom. The van der Waals surface area contributed by atoms with Gasteiger partial charge in [0.25, 0.3) is 0 Å². The Labute approximate surface area is 124 Å². The Morgan fingerprint density at radius 2 is 2.25 bits per heavy atom. The van der Waals surface area contributed by atoms with Gasteiger partial charge in [0.15, 0.2) is 4.77 Å². The third-order valence-electron chi connectivity index (χ3n) is 3.78. The van der Waals surface area contributed by atoms with Crippen LogP contribution in [0.4, 0.5) is 11.6 Å². The first kappa shape index (κ1) is 13.4. The summed E-state index contributed by atoms with van der Waals surface area (Å²) in [5.74, 6) is 0.946. The fourth-order valence-electron chi connectivity index (χ4n) is 2.87. The molecule has 0 radical (unpaired) electrons. The van der Waals surface area contributed by atoms with E-state index < -0.39 is 0 Å². The van der Waals surface area contributed by atoms with E-state index >= 15 is 0 Å². The van der Waals surface area contributed by atoms with E-state index in [9.17, 15) is 0 Å². The molecule has 4 nitrogen and oxygen atoms in total. The molecule has 0 saturated carbocycles. The van der Waals surface area contributed by atoms with E-state index in [0.717, 1.165) is 38.3 Å². The molecule has 0 atom stereocenters. The first-order valence-electron chi connectivity index (χ1n) is 7.23. The van der Waals surface area contributed by atoms with Crippen molar-refractivity contribution in [1.29, 1.82) is 0 Å². The average molecular weight is 288 g/mol. The van der Waals surface area contributed by atoms with Crippen molar-refractivity contribution in [1.82, 2.24) is 14.8 Å². The number of aromatic amines is 1. The number of H-pyrrole nitrogens is 1. The molecule has 1 aromatic carbocycles. The summed E-state index contributed by atoms with van der Waals surface area (Å²) >= 11 is 5.35. The number of nitrogens with zero attached hydrogens (tertiary/aromatic N) is 3. The van der Waals surface area contributed by atoms with Gasteiger partial charge in [0, 0.05) is 18.8 Å². The molecule has 0 unspecified atom stereocenters. The number of anilines is 2. The van der Waals surface area contributed by atoms with Gasteiger partial charge in [-0.15, -0.1) is 5.10 Å². The quantitative estimate of drug-likeness (QED) is 0.874. The molecular weight excluding hydrogens is 268 g/mol. The second kappa shape index (κ2) is 5.40. The van der Waals surface area contributed by atoms with Crippen LogP contribution in [0.25, 0.3) is 0 Å². The lowest BCUT2D eigenvalue weighted by Gasteiger charge is -2.30. The van der Waals surface area contributed by atoms with E-state index in [4.69, 9.17) is 12.2 Å². The van der Waals surface area contributed by atoms with Crippen molar-refractivity contribution in [2.45, 2.75) is 39.7 Å². The molecule has 0 aliphatic carbocycles. The molecule has 2 heterocycles. The molecule has 106 valence electrons. The van der Waals surface area contributed by atoms with E-state index in [-0.39, 0.29) is 0 Å². The molecule has 1 aliphatic heterocycles. The predicted octanol–water partition coefficient (Wildman–Crippen LogP) is 3.74. The van der Waals surface area contributed by atoms with Crippen LogP contribution in [-0.4, -0.2) is 21.3 Å². The molecule has 0 bridgehead atoms. The maximum Gasteiger partial charge on any atom is 0.230 e.